The minimum atomic E-state index is -3.76. The van der Waals surface area contributed by atoms with Crippen molar-refractivity contribution in [1.29, 1.82) is 0 Å². The number of hydrogen-bond acceptors (Lipinski definition) is 6. The first-order chi connectivity index (χ1) is 10.0. The van der Waals surface area contributed by atoms with Gasteiger partial charge in [0.1, 0.15) is 17.8 Å². The Hall–Kier alpha value is -1.87. The molecule has 1 aromatic carbocycles. The SMILES string of the molecule is O=S(=O)(Nc1cnc(Br)cn1)c1ccc2c(c1)OCCO2. The van der Waals surface area contributed by atoms with Crippen LogP contribution in [0.15, 0.2) is 40.1 Å². The predicted octanol–water partition coefficient (Wildman–Crippen LogP) is 1.81. The topological polar surface area (TPSA) is 90.4 Å². The molecule has 21 heavy (non-hydrogen) atoms. The summed E-state index contributed by atoms with van der Waals surface area (Å²) in [6, 6.07) is 4.43. The molecule has 1 aliphatic heterocycles. The quantitative estimate of drug-likeness (QED) is 0.884. The van der Waals surface area contributed by atoms with Crippen LogP contribution in [0.1, 0.15) is 0 Å². The van der Waals surface area contributed by atoms with Crippen LogP contribution in [0, 0.1) is 0 Å². The molecule has 7 nitrogen and oxygen atoms in total. The summed E-state index contributed by atoms with van der Waals surface area (Å²) in [6.07, 6.45) is 2.72. The van der Waals surface area contributed by atoms with Gasteiger partial charge in [0.15, 0.2) is 17.3 Å². The van der Waals surface area contributed by atoms with E-state index < -0.39 is 10.0 Å². The Kier molecular flexibility index (Phi) is 3.68. The van der Waals surface area contributed by atoms with Crippen LogP contribution in [0.3, 0.4) is 0 Å². The summed E-state index contributed by atoms with van der Waals surface area (Å²) in [5, 5.41) is 0. The van der Waals surface area contributed by atoms with E-state index in [0.29, 0.717) is 29.3 Å². The van der Waals surface area contributed by atoms with Crippen LogP contribution in [0.25, 0.3) is 0 Å². The highest BCUT2D eigenvalue weighted by Crippen LogP contribution is 2.32. The molecule has 0 spiro atoms. The second-order valence-electron chi connectivity index (χ2n) is 4.14. The van der Waals surface area contributed by atoms with Gasteiger partial charge in [0.25, 0.3) is 10.0 Å². The molecule has 0 saturated heterocycles. The first-order valence-electron chi connectivity index (χ1n) is 5.95. The molecule has 9 heteroatoms. The molecule has 0 fully saturated rings. The van der Waals surface area contributed by atoms with Crippen molar-refractivity contribution >= 4 is 31.8 Å². The van der Waals surface area contributed by atoms with Gasteiger partial charge in [0.2, 0.25) is 0 Å². The molecule has 0 aliphatic carbocycles. The Morgan fingerprint density at radius 1 is 1.10 bits per heavy atom. The van der Waals surface area contributed by atoms with E-state index in [4.69, 9.17) is 9.47 Å². The van der Waals surface area contributed by atoms with Gasteiger partial charge >= 0.3 is 0 Å². The molecule has 2 aromatic rings. The molecule has 3 rings (SSSR count). The third-order valence-corrected chi connectivity index (χ3v) is 4.45. The van der Waals surface area contributed by atoms with Gasteiger partial charge in [-0.1, -0.05) is 0 Å². The van der Waals surface area contributed by atoms with E-state index in [9.17, 15) is 8.42 Å². The van der Waals surface area contributed by atoms with E-state index >= 15 is 0 Å². The first kappa shape index (κ1) is 14.1. The Balaban J connectivity index is 1.89. The highest BCUT2D eigenvalue weighted by atomic mass is 79.9. The maximum Gasteiger partial charge on any atom is 0.263 e. The molecular formula is C12H10BrN3O4S. The van der Waals surface area contributed by atoms with Crippen LogP contribution in [0.5, 0.6) is 11.5 Å². The van der Waals surface area contributed by atoms with Crippen LogP contribution in [0.4, 0.5) is 5.82 Å². The highest BCUT2D eigenvalue weighted by molar-refractivity contribution is 9.10. The predicted molar refractivity (Wildman–Crippen MR) is 78.0 cm³/mol. The Morgan fingerprint density at radius 3 is 2.57 bits per heavy atom. The number of halogens is 1. The summed E-state index contributed by atoms with van der Waals surface area (Å²) in [4.78, 5) is 7.90. The van der Waals surface area contributed by atoms with E-state index in [2.05, 4.69) is 30.6 Å². The third-order valence-electron chi connectivity index (χ3n) is 2.68. The molecule has 0 bridgehead atoms. The molecule has 0 atom stereocenters. The normalized spacial score (nSPS) is 13.8. The van der Waals surface area contributed by atoms with Gasteiger partial charge < -0.3 is 9.47 Å². The van der Waals surface area contributed by atoms with Gasteiger partial charge in [-0.25, -0.2) is 18.4 Å². The second-order valence-corrected chi connectivity index (χ2v) is 6.63. The number of hydrogen-bond donors (Lipinski definition) is 1. The maximum atomic E-state index is 12.3. The van der Waals surface area contributed by atoms with E-state index in [1.807, 2.05) is 0 Å². The van der Waals surface area contributed by atoms with Crippen LogP contribution >= 0.6 is 15.9 Å². The van der Waals surface area contributed by atoms with Crippen molar-refractivity contribution in [2.45, 2.75) is 4.90 Å². The minimum Gasteiger partial charge on any atom is -0.486 e. The fourth-order valence-electron chi connectivity index (χ4n) is 1.75. The summed E-state index contributed by atoms with van der Waals surface area (Å²) in [7, 11) is -3.76. The van der Waals surface area contributed by atoms with Crippen LogP contribution in [-0.2, 0) is 10.0 Å². The number of rotatable bonds is 3. The Morgan fingerprint density at radius 2 is 1.86 bits per heavy atom. The lowest BCUT2D eigenvalue weighted by molar-refractivity contribution is 0.171. The number of sulfonamides is 1. The first-order valence-corrected chi connectivity index (χ1v) is 8.22. The van der Waals surface area contributed by atoms with Crippen LogP contribution in [-0.4, -0.2) is 31.6 Å². The van der Waals surface area contributed by atoms with Gasteiger partial charge in [-0.15, -0.1) is 0 Å². The molecule has 1 aliphatic rings. The summed E-state index contributed by atoms with van der Waals surface area (Å²) < 4.78 is 38.2. The summed E-state index contributed by atoms with van der Waals surface area (Å²) in [5.41, 5.74) is 0. The number of fused-ring (bicyclic) bond motifs is 1. The molecule has 2 heterocycles. The van der Waals surface area contributed by atoms with Crippen molar-refractivity contribution in [3.05, 3.63) is 35.2 Å². The molecule has 0 radical (unpaired) electrons. The lowest BCUT2D eigenvalue weighted by Crippen LogP contribution is -2.17. The molecular weight excluding hydrogens is 362 g/mol. The summed E-state index contributed by atoms with van der Waals surface area (Å²) >= 11 is 3.13. The monoisotopic (exact) mass is 371 g/mol. The van der Waals surface area contributed by atoms with Crippen molar-refractivity contribution in [2.75, 3.05) is 17.9 Å². The third kappa shape index (κ3) is 3.08. The van der Waals surface area contributed by atoms with Gasteiger partial charge in [-0.3, -0.25) is 4.72 Å². The van der Waals surface area contributed by atoms with E-state index in [0.717, 1.165) is 0 Å². The van der Waals surface area contributed by atoms with Crippen molar-refractivity contribution in [3.8, 4) is 11.5 Å². The van der Waals surface area contributed by atoms with Gasteiger partial charge in [-0.2, -0.15) is 0 Å². The zero-order valence-corrected chi connectivity index (χ0v) is 13.0. The standard InChI is InChI=1S/C12H10BrN3O4S/c13-11-6-15-12(7-14-11)16-21(17,18)8-1-2-9-10(5-8)20-4-3-19-9/h1-2,5-7H,3-4H2,(H,15,16). The molecule has 0 saturated carbocycles. The average Bonchev–Trinajstić information content (AvgIpc) is 2.49. The number of nitrogens with zero attached hydrogens (tertiary/aromatic N) is 2. The Labute approximate surface area is 129 Å². The smallest absolute Gasteiger partial charge is 0.263 e. The second kappa shape index (κ2) is 5.49. The lowest BCUT2D eigenvalue weighted by Gasteiger charge is -2.18. The fraction of sp³-hybridized carbons (Fsp3) is 0.167. The van der Waals surface area contributed by atoms with Gasteiger partial charge in [-0.05, 0) is 28.1 Å². The van der Waals surface area contributed by atoms with Crippen LogP contribution < -0.4 is 14.2 Å². The number of nitrogens with one attached hydrogen (secondary N) is 1. The molecule has 110 valence electrons. The maximum absolute atomic E-state index is 12.3. The highest BCUT2D eigenvalue weighted by Gasteiger charge is 2.19. The number of benzene rings is 1. The lowest BCUT2D eigenvalue weighted by atomic mass is 10.3. The Bertz CT molecular complexity index is 765. The van der Waals surface area contributed by atoms with Crippen molar-refractivity contribution in [2.24, 2.45) is 0 Å². The van der Waals surface area contributed by atoms with Crippen molar-refractivity contribution < 1.29 is 17.9 Å². The van der Waals surface area contributed by atoms with E-state index in [1.165, 1.54) is 24.5 Å². The summed E-state index contributed by atoms with van der Waals surface area (Å²) in [6.45, 7) is 0.841. The molecule has 1 aromatic heterocycles. The van der Waals surface area contributed by atoms with E-state index in [1.54, 1.807) is 6.07 Å². The van der Waals surface area contributed by atoms with Gasteiger partial charge in [0.05, 0.1) is 17.3 Å². The number of ether oxygens (including phenoxy) is 2. The number of aromatic nitrogens is 2. The largest absolute Gasteiger partial charge is 0.486 e. The van der Waals surface area contributed by atoms with Crippen molar-refractivity contribution in [1.82, 2.24) is 9.97 Å². The molecule has 0 unspecified atom stereocenters. The number of anilines is 1. The van der Waals surface area contributed by atoms with E-state index in [-0.39, 0.29) is 10.7 Å². The average molecular weight is 372 g/mol. The zero-order chi connectivity index (χ0) is 14.9. The summed E-state index contributed by atoms with van der Waals surface area (Å²) in [5.74, 6) is 1.07. The van der Waals surface area contributed by atoms with Crippen molar-refractivity contribution in [3.63, 3.8) is 0 Å². The fourth-order valence-corrected chi connectivity index (χ4v) is 2.97. The van der Waals surface area contributed by atoms with Crippen LogP contribution in [0.2, 0.25) is 0 Å². The molecule has 1 N–H and O–H groups in total. The van der Waals surface area contributed by atoms with Gasteiger partial charge in [0, 0.05) is 6.07 Å². The minimum absolute atomic E-state index is 0.0662. The zero-order valence-electron chi connectivity index (χ0n) is 10.6. The molecule has 0 amide bonds.